The Morgan fingerprint density at radius 1 is 1.40 bits per heavy atom. The van der Waals surface area contributed by atoms with Crippen molar-refractivity contribution in [3.8, 4) is 0 Å². The number of primary amides is 1. The van der Waals surface area contributed by atoms with Gasteiger partial charge < -0.3 is 11.1 Å². The fraction of sp³-hybridized carbons (Fsp3) is 0.182. The van der Waals surface area contributed by atoms with Gasteiger partial charge in [-0.25, -0.2) is 4.98 Å². The molecule has 3 N–H and O–H groups in total. The number of anilines is 2. The summed E-state index contributed by atoms with van der Waals surface area (Å²) in [6, 6.07) is 1.69. The Morgan fingerprint density at radius 3 is 2.60 bits per heavy atom. The van der Waals surface area contributed by atoms with E-state index in [1.54, 1.807) is 7.05 Å². The van der Waals surface area contributed by atoms with Crippen LogP contribution in [0.5, 0.6) is 0 Å². The zero-order valence-electron chi connectivity index (χ0n) is 10.3. The molecule has 0 saturated heterocycles. The second kappa shape index (κ2) is 4.83. The van der Waals surface area contributed by atoms with Gasteiger partial charge in [-0.1, -0.05) is 0 Å². The number of halogens is 3. The molecular weight excluding hydrogens is 275 g/mol. The molecular formula is C11H10F3N5O. The maximum atomic E-state index is 12.6. The Labute approximate surface area is 111 Å². The third-order valence-corrected chi connectivity index (χ3v) is 2.42. The summed E-state index contributed by atoms with van der Waals surface area (Å²) in [7, 11) is 1.64. The molecule has 1 amide bonds. The number of alkyl halides is 3. The maximum Gasteiger partial charge on any atom is 0.433 e. The van der Waals surface area contributed by atoms with Crippen LogP contribution in [0.1, 0.15) is 16.1 Å². The monoisotopic (exact) mass is 285 g/mol. The smallest absolute Gasteiger partial charge is 0.365 e. The Kier molecular flexibility index (Phi) is 3.35. The van der Waals surface area contributed by atoms with Gasteiger partial charge in [-0.3, -0.25) is 9.48 Å². The van der Waals surface area contributed by atoms with Crippen LogP contribution in [0.3, 0.4) is 0 Å². The molecule has 20 heavy (non-hydrogen) atoms. The summed E-state index contributed by atoms with van der Waals surface area (Å²) < 4.78 is 39.3. The van der Waals surface area contributed by atoms with Crippen molar-refractivity contribution >= 4 is 17.4 Å². The van der Waals surface area contributed by atoms with E-state index in [0.717, 1.165) is 6.07 Å². The van der Waals surface area contributed by atoms with Gasteiger partial charge in [0.05, 0.1) is 17.4 Å². The standard InChI is InChI=1S/C11H10F3N5O/c1-19-5-6(4-16-19)17-10-7(9(15)20)2-3-8(18-10)11(12,13)14/h2-5H,1H3,(H2,15,20)(H,17,18). The van der Waals surface area contributed by atoms with Crippen LogP contribution < -0.4 is 11.1 Å². The summed E-state index contributed by atoms with van der Waals surface area (Å²) in [5, 5.41) is 6.44. The minimum atomic E-state index is -4.61. The van der Waals surface area contributed by atoms with E-state index >= 15 is 0 Å². The van der Waals surface area contributed by atoms with Gasteiger partial charge in [0.15, 0.2) is 0 Å². The van der Waals surface area contributed by atoms with E-state index in [1.165, 1.54) is 17.1 Å². The molecule has 0 fully saturated rings. The zero-order chi connectivity index (χ0) is 14.9. The highest BCUT2D eigenvalue weighted by Gasteiger charge is 2.33. The van der Waals surface area contributed by atoms with Crippen LogP contribution >= 0.6 is 0 Å². The lowest BCUT2D eigenvalue weighted by Crippen LogP contribution is -2.17. The molecule has 0 atom stereocenters. The number of hydrogen-bond donors (Lipinski definition) is 2. The molecule has 0 saturated carbocycles. The first-order valence-electron chi connectivity index (χ1n) is 5.41. The van der Waals surface area contributed by atoms with E-state index in [0.29, 0.717) is 11.8 Å². The molecule has 0 aliphatic heterocycles. The number of pyridine rings is 1. The molecule has 6 nitrogen and oxygen atoms in total. The molecule has 0 bridgehead atoms. The molecule has 0 aliphatic rings. The third-order valence-electron chi connectivity index (χ3n) is 2.42. The van der Waals surface area contributed by atoms with Gasteiger partial charge in [0.25, 0.3) is 5.91 Å². The van der Waals surface area contributed by atoms with E-state index in [1.807, 2.05) is 0 Å². The lowest BCUT2D eigenvalue weighted by atomic mass is 10.2. The fourth-order valence-corrected chi connectivity index (χ4v) is 1.53. The molecule has 2 rings (SSSR count). The molecule has 2 aromatic rings. The largest absolute Gasteiger partial charge is 0.433 e. The first-order chi connectivity index (χ1) is 9.27. The van der Waals surface area contributed by atoms with Crippen molar-refractivity contribution in [3.63, 3.8) is 0 Å². The van der Waals surface area contributed by atoms with Crippen molar-refractivity contribution in [1.82, 2.24) is 14.8 Å². The summed E-state index contributed by atoms with van der Waals surface area (Å²) in [6.45, 7) is 0. The molecule has 0 aromatic carbocycles. The van der Waals surface area contributed by atoms with Crippen LogP contribution in [-0.4, -0.2) is 20.7 Å². The van der Waals surface area contributed by atoms with Crippen LogP contribution in [0.4, 0.5) is 24.7 Å². The van der Waals surface area contributed by atoms with Gasteiger partial charge in [0, 0.05) is 13.2 Å². The fourth-order valence-electron chi connectivity index (χ4n) is 1.53. The highest BCUT2D eigenvalue weighted by Crippen LogP contribution is 2.30. The van der Waals surface area contributed by atoms with E-state index < -0.39 is 17.8 Å². The maximum absolute atomic E-state index is 12.6. The number of aryl methyl sites for hydroxylation is 1. The van der Waals surface area contributed by atoms with Gasteiger partial charge in [-0.15, -0.1) is 0 Å². The second-order valence-corrected chi connectivity index (χ2v) is 3.98. The summed E-state index contributed by atoms with van der Waals surface area (Å²) in [6.07, 6.45) is -1.71. The Hall–Kier alpha value is -2.58. The lowest BCUT2D eigenvalue weighted by Gasteiger charge is -2.11. The highest BCUT2D eigenvalue weighted by atomic mass is 19.4. The number of nitrogens with zero attached hydrogens (tertiary/aromatic N) is 3. The Morgan fingerprint density at radius 2 is 2.10 bits per heavy atom. The summed E-state index contributed by atoms with van der Waals surface area (Å²) >= 11 is 0. The predicted octanol–water partition coefficient (Wildman–Crippen LogP) is 1.68. The normalized spacial score (nSPS) is 11.4. The van der Waals surface area contributed by atoms with E-state index in [9.17, 15) is 18.0 Å². The minimum absolute atomic E-state index is 0.137. The van der Waals surface area contributed by atoms with Crippen molar-refractivity contribution in [1.29, 1.82) is 0 Å². The number of carbonyl (C=O) groups is 1. The van der Waals surface area contributed by atoms with Crippen LogP contribution in [-0.2, 0) is 13.2 Å². The van der Waals surface area contributed by atoms with E-state index in [-0.39, 0.29) is 11.4 Å². The molecule has 0 aliphatic carbocycles. The minimum Gasteiger partial charge on any atom is -0.365 e. The molecule has 0 unspecified atom stereocenters. The summed E-state index contributed by atoms with van der Waals surface area (Å²) in [4.78, 5) is 14.6. The Balaban J connectivity index is 2.44. The van der Waals surface area contributed by atoms with Gasteiger partial charge in [0.1, 0.15) is 11.5 Å². The van der Waals surface area contributed by atoms with Crippen molar-refractivity contribution in [2.24, 2.45) is 12.8 Å². The van der Waals surface area contributed by atoms with Gasteiger partial charge in [0.2, 0.25) is 0 Å². The number of nitrogens with one attached hydrogen (secondary N) is 1. The molecule has 0 radical (unpaired) electrons. The van der Waals surface area contributed by atoms with Crippen LogP contribution in [0.2, 0.25) is 0 Å². The van der Waals surface area contributed by atoms with Crippen LogP contribution in [0.15, 0.2) is 24.5 Å². The SMILES string of the molecule is Cn1cc(Nc2nc(C(F)(F)F)ccc2C(N)=O)cn1. The van der Waals surface area contributed by atoms with Crippen molar-refractivity contribution in [2.75, 3.05) is 5.32 Å². The number of rotatable bonds is 3. The van der Waals surface area contributed by atoms with Gasteiger partial charge in [-0.05, 0) is 12.1 Å². The number of amides is 1. The average molecular weight is 285 g/mol. The molecule has 9 heteroatoms. The predicted molar refractivity (Wildman–Crippen MR) is 64.2 cm³/mol. The van der Waals surface area contributed by atoms with Gasteiger partial charge >= 0.3 is 6.18 Å². The van der Waals surface area contributed by atoms with E-state index in [4.69, 9.17) is 5.73 Å². The highest BCUT2D eigenvalue weighted by molar-refractivity contribution is 5.98. The third kappa shape index (κ3) is 2.87. The first kappa shape index (κ1) is 13.8. The molecule has 106 valence electrons. The van der Waals surface area contributed by atoms with Crippen molar-refractivity contribution in [2.45, 2.75) is 6.18 Å². The number of carbonyl (C=O) groups excluding carboxylic acids is 1. The van der Waals surface area contributed by atoms with Crippen LogP contribution in [0.25, 0.3) is 0 Å². The second-order valence-electron chi connectivity index (χ2n) is 3.98. The topological polar surface area (TPSA) is 85.8 Å². The van der Waals surface area contributed by atoms with Gasteiger partial charge in [-0.2, -0.15) is 18.3 Å². The first-order valence-corrected chi connectivity index (χ1v) is 5.41. The molecule has 2 heterocycles. The number of nitrogens with two attached hydrogens (primary N) is 1. The quantitative estimate of drug-likeness (QED) is 0.898. The van der Waals surface area contributed by atoms with Crippen LogP contribution in [0, 0.1) is 0 Å². The van der Waals surface area contributed by atoms with Crippen molar-refractivity contribution in [3.05, 3.63) is 35.8 Å². The molecule has 2 aromatic heterocycles. The lowest BCUT2D eigenvalue weighted by molar-refractivity contribution is -0.141. The number of aromatic nitrogens is 3. The number of hydrogen-bond acceptors (Lipinski definition) is 4. The molecule has 0 spiro atoms. The van der Waals surface area contributed by atoms with E-state index in [2.05, 4.69) is 15.4 Å². The van der Waals surface area contributed by atoms with Crippen molar-refractivity contribution < 1.29 is 18.0 Å². The zero-order valence-corrected chi connectivity index (χ0v) is 10.3. The summed E-state index contributed by atoms with van der Waals surface area (Å²) in [5.74, 6) is -1.14. The average Bonchev–Trinajstić information content (AvgIpc) is 2.73. The Bertz CT molecular complexity index is 650. The summed E-state index contributed by atoms with van der Waals surface area (Å²) in [5.41, 5.74) is 4.25.